The number of halogens is 1. The number of rotatable bonds is 3. The maximum Gasteiger partial charge on any atom is 0.122 e. The molecular weight excluding hydrogens is 224 g/mol. The Morgan fingerprint density at radius 1 is 1.44 bits per heavy atom. The molecule has 1 aromatic carbocycles. The fourth-order valence-corrected chi connectivity index (χ4v) is 1.43. The summed E-state index contributed by atoms with van der Waals surface area (Å²) in [6, 6.07) is 7.66. The second-order valence-electron chi connectivity index (χ2n) is 3.35. The lowest BCUT2D eigenvalue weighted by Crippen LogP contribution is -2.11. The lowest BCUT2D eigenvalue weighted by molar-refractivity contribution is 0.797. The molecule has 16 heavy (non-hydrogen) atoms. The first-order valence-electron chi connectivity index (χ1n) is 4.65. The fourth-order valence-electron chi connectivity index (χ4n) is 1.43. The average Bonchev–Trinajstić information content (AvgIpc) is 2.71. The number of nitrogens with two attached hydrogens (primary N) is 1. The second-order valence-corrected chi connectivity index (χ2v) is 3.35. The molecule has 0 atom stereocenters. The molecule has 1 aromatic heterocycles. The second kappa shape index (κ2) is 5.32. The van der Waals surface area contributed by atoms with E-state index in [-0.39, 0.29) is 18.2 Å². The summed E-state index contributed by atoms with van der Waals surface area (Å²) in [4.78, 5) is 3.97. The van der Waals surface area contributed by atoms with Crippen LogP contribution in [0, 0.1) is 5.41 Å². The number of nitrogen functional groups attached to an aromatic ring is 1. The van der Waals surface area contributed by atoms with Crippen LogP contribution in [0.3, 0.4) is 0 Å². The van der Waals surface area contributed by atoms with E-state index in [1.54, 1.807) is 12.5 Å². The molecule has 2 rings (SSSR count). The van der Waals surface area contributed by atoms with Crippen LogP contribution in [0.1, 0.15) is 11.1 Å². The molecule has 0 aliphatic carbocycles. The van der Waals surface area contributed by atoms with E-state index in [0.717, 1.165) is 17.7 Å². The summed E-state index contributed by atoms with van der Waals surface area (Å²) >= 11 is 0. The molecule has 1 heterocycles. The summed E-state index contributed by atoms with van der Waals surface area (Å²) < 4.78 is 1.97. The Labute approximate surface area is 100 Å². The van der Waals surface area contributed by atoms with E-state index in [1.165, 1.54) is 0 Å². The molecule has 0 aliphatic rings. The van der Waals surface area contributed by atoms with Crippen LogP contribution < -0.4 is 5.73 Å². The van der Waals surface area contributed by atoms with E-state index < -0.39 is 0 Å². The maximum atomic E-state index is 7.34. The van der Waals surface area contributed by atoms with Crippen LogP contribution in [-0.4, -0.2) is 15.4 Å². The van der Waals surface area contributed by atoms with Gasteiger partial charge in [0.25, 0.3) is 0 Å². The molecule has 0 saturated heterocycles. The number of aromatic nitrogens is 2. The van der Waals surface area contributed by atoms with Gasteiger partial charge >= 0.3 is 0 Å². The van der Waals surface area contributed by atoms with Gasteiger partial charge in [-0.3, -0.25) is 5.41 Å². The first-order chi connectivity index (χ1) is 7.25. The lowest BCUT2D eigenvalue weighted by atomic mass is 10.1. The van der Waals surface area contributed by atoms with Crippen molar-refractivity contribution in [2.24, 2.45) is 5.73 Å². The molecule has 0 radical (unpaired) electrons. The van der Waals surface area contributed by atoms with E-state index in [0.29, 0.717) is 0 Å². The number of nitrogens with one attached hydrogen (secondary N) is 1. The summed E-state index contributed by atoms with van der Waals surface area (Å²) in [6.45, 7) is 0.751. The summed E-state index contributed by atoms with van der Waals surface area (Å²) in [5, 5.41) is 7.34. The van der Waals surface area contributed by atoms with E-state index in [2.05, 4.69) is 4.98 Å². The maximum absolute atomic E-state index is 7.34. The Morgan fingerprint density at radius 3 is 2.88 bits per heavy atom. The number of amidine groups is 1. The predicted octanol–water partition coefficient (Wildman–Crippen LogP) is 1.64. The van der Waals surface area contributed by atoms with Gasteiger partial charge < -0.3 is 10.3 Å². The minimum Gasteiger partial charge on any atom is -0.384 e. The summed E-state index contributed by atoms with van der Waals surface area (Å²) in [5.74, 6) is 0.0995. The molecule has 0 fully saturated rings. The smallest absolute Gasteiger partial charge is 0.122 e. The van der Waals surface area contributed by atoms with Crippen LogP contribution in [0.2, 0.25) is 0 Å². The SMILES string of the molecule is Cl.N=C(N)c1cccc(Cn2ccnc2)c1. The van der Waals surface area contributed by atoms with Gasteiger partial charge in [-0.25, -0.2) is 4.98 Å². The van der Waals surface area contributed by atoms with E-state index in [1.807, 2.05) is 35.0 Å². The van der Waals surface area contributed by atoms with E-state index in [9.17, 15) is 0 Å². The Balaban J connectivity index is 0.00000128. The molecule has 5 heteroatoms. The molecule has 4 nitrogen and oxygen atoms in total. The molecule has 3 N–H and O–H groups in total. The van der Waals surface area contributed by atoms with E-state index in [4.69, 9.17) is 11.1 Å². The molecule has 0 bridgehead atoms. The molecule has 0 amide bonds. The van der Waals surface area contributed by atoms with Crippen molar-refractivity contribution in [2.45, 2.75) is 6.54 Å². The van der Waals surface area contributed by atoms with Crippen molar-refractivity contribution < 1.29 is 0 Å². The average molecular weight is 237 g/mol. The van der Waals surface area contributed by atoms with Gasteiger partial charge in [-0.15, -0.1) is 12.4 Å². The van der Waals surface area contributed by atoms with Crippen molar-refractivity contribution in [1.29, 1.82) is 5.41 Å². The van der Waals surface area contributed by atoms with Gasteiger partial charge in [-0.1, -0.05) is 18.2 Å². The van der Waals surface area contributed by atoms with Crippen molar-refractivity contribution in [3.8, 4) is 0 Å². The Bertz CT molecular complexity index is 465. The highest BCUT2D eigenvalue weighted by Crippen LogP contribution is 2.06. The Hall–Kier alpha value is -1.81. The van der Waals surface area contributed by atoms with Crippen LogP contribution in [0.15, 0.2) is 43.0 Å². The van der Waals surface area contributed by atoms with Crippen molar-refractivity contribution in [3.05, 3.63) is 54.1 Å². The van der Waals surface area contributed by atoms with Crippen molar-refractivity contribution in [3.63, 3.8) is 0 Å². The largest absolute Gasteiger partial charge is 0.384 e. The number of hydrogen-bond donors (Lipinski definition) is 2. The first kappa shape index (κ1) is 12.3. The number of hydrogen-bond acceptors (Lipinski definition) is 2. The molecular formula is C11H13ClN4. The van der Waals surface area contributed by atoms with Gasteiger partial charge in [0, 0.05) is 24.5 Å². The summed E-state index contributed by atoms with van der Waals surface area (Å²) in [6.07, 6.45) is 5.41. The number of benzene rings is 1. The molecule has 0 spiro atoms. The van der Waals surface area contributed by atoms with Crippen molar-refractivity contribution in [2.75, 3.05) is 0 Å². The topological polar surface area (TPSA) is 67.7 Å². The quantitative estimate of drug-likeness (QED) is 0.628. The van der Waals surface area contributed by atoms with Crippen LogP contribution in [0.4, 0.5) is 0 Å². The minimum atomic E-state index is 0. The molecule has 84 valence electrons. The van der Waals surface area contributed by atoms with E-state index >= 15 is 0 Å². The minimum absolute atomic E-state index is 0. The van der Waals surface area contributed by atoms with Crippen molar-refractivity contribution in [1.82, 2.24) is 9.55 Å². The van der Waals surface area contributed by atoms with Crippen molar-refractivity contribution >= 4 is 18.2 Å². The normalized spacial score (nSPS) is 9.50. The highest BCUT2D eigenvalue weighted by molar-refractivity contribution is 5.95. The van der Waals surface area contributed by atoms with Gasteiger partial charge in [0.1, 0.15) is 5.84 Å². The standard InChI is InChI=1S/C11H12N4.ClH/c12-11(13)10-3-1-2-9(6-10)7-15-5-4-14-8-15;/h1-6,8H,7H2,(H3,12,13);1H. The lowest BCUT2D eigenvalue weighted by Gasteiger charge is -2.04. The monoisotopic (exact) mass is 236 g/mol. The van der Waals surface area contributed by atoms with Crippen LogP contribution in [0.5, 0.6) is 0 Å². The number of nitrogens with zero attached hydrogens (tertiary/aromatic N) is 2. The van der Waals surface area contributed by atoms with Crippen LogP contribution >= 0.6 is 12.4 Å². The Kier molecular flexibility index (Phi) is 4.08. The van der Waals surface area contributed by atoms with Gasteiger partial charge in [0.15, 0.2) is 0 Å². The zero-order chi connectivity index (χ0) is 10.7. The first-order valence-corrected chi connectivity index (χ1v) is 4.65. The fraction of sp³-hybridized carbons (Fsp3) is 0.0909. The van der Waals surface area contributed by atoms with Gasteiger partial charge in [-0.05, 0) is 11.6 Å². The van der Waals surface area contributed by atoms with Crippen LogP contribution in [0.25, 0.3) is 0 Å². The van der Waals surface area contributed by atoms with Gasteiger partial charge in [0.2, 0.25) is 0 Å². The number of imidazole rings is 1. The highest BCUT2D eigenvalue weighted by atomic mass is 35.5. The van der Waals surface area contributed by atoms with Crippen LogP contribution in [-0.2, 0) is 6.54 Å². The zero-order valence-electron chi connectivity index (χ0n) is 8.63. The Morgan fingerprint density at radius 2 is 2.25 bits per heavy atom. The van der Waals surface area contributed by atoms with Gasteiger partial charge in [0.05, 0.1) is 6.33 Å². The molecule has 0 saturated carbocycles. The third-order valence-corrected chi connectivity index (χ3v) is 2.16. The molecule has 0 aliphatic heterocycles. The third kappa shape index (κ3) is 2.84. The summed E-state index contributed by atoms with van der Waals surface area (Å²) in [7, 11) is 0. The molecule has 0 unspecified atom stereocenters. The van der Waals surface area contributed by atoms with Gasteiger partial charge in [-0.2, -0.15) is 0 Å². The third-order valence-electron chi connectivity index (χ3n) is 2.16. The zero-order valence-corrected chi connectivity index (χ0v) is 9.45. The summed E-state index contributed by atoms with van der Waals surface area (Å²) in [5.41, 5.74) is 7.29. The molecule has 2 aromatic rings. The predicted molar refractivity (Wildman–Crippen MR) is 66.0 cm³/mol. The highest BCUT2D eigenvalue weighted by Gasteiger charge is 1.98.